The van der Waals surface area contributed by atoms with Crippen molar-refractivity contribution < 1.29 is 4.79 Å². The summed E-state index contributed by atoms with van der Waals surface area (Å²) >= 11 is 0. The second kappa shape index (κ2) is 6.29. The number of nitrogens with two attached hydrogens (primary N) is 1. The summed E-state index contributed by atoms with van der Waals surface area (Å²) in [6.45, 7) is 1.95. The molecule has 0 bridgehead atoms. The van der Waals surface area contributed by atoms with E-state index in [9.17, 15) is 4.79 Å². The lowest BCUT2D eigenvalue weighted by molar-refractivity contribution is 0.102. The molecule has 0 unspecified atom stereocenters. The zero-order valence-corrected chi connectivity index (χ0v) is 14.0. The van der Waals surface area contributed by atoms with E-state index in [0.29, 0.717) is 17.2 Å². The molecule has 0 aliphatic heterocycles. The van der Waals surface area contributed by atoms with Crippen molar-refractivity contribution in [3.05, 3.63) is 72.4 Å². The standard InChI is InChI=1S/C19H16N6O/c1-12-6-7-21-15(10-12)24-19(26)14-4-2-13(3-5-14)16-17-18(20)22-8-9-25(17)11-23-16/h2-11H,1H3,(H2,20,22)(H,21,24,26). The zero-order valence-electron chi connectivity index (χ0n) is 14.0. The van der Waals surface area contributed by atoms with E-state index in [0.717, 1.165) is 22.3 Å². The number of aryl methyl sites for hydroxylation is 1. The van der Waals surface area contributed by atoms with Gasteiger partial charge in [-0.1, -0.05) is 12.1 Å². The first-order valence-corrected chi connectivity index (χ1v) is 8.03. The molecule has 128 valence electrons. The average molecular weight is 344 g/mol. The highest BCUT2D eigenvalue weighted by Crippen LogP contribution is 2.26. The highest BCUT2D eigenvalue weighted by Gasteiger charge is 2.12. The van der Waals surface area contributed by atoms with E-state index < -0.39 is 0 Å². The molecule has 0 atom stereocenters. The van der Waals surface area contributed by atoms with Crippen LogP contribution in [0, 0.1) is 6.92 Å². The molecular weight excluding hydrogens is 328 g/mol. The van der Waals surface area contributed by atoms with E-state index in [-0.39, 0.29) is 5.91 Å². The maximum Gasteiger partial charge on any atom is 0.256 e. The maximum absolute atomic E-state index is 12.4. The topological polar surface area (TPSA) is 98.2 Å². The summed E-state index contributed by atoms with van der Waals surface area (Å²) in [6, 6.07) is 10.9. The van der Waals surface area contributed by atoms with Crippen LogP contribution in [0.2, 0.25) is 0 Å². The number of aromatic nitrogens is 4. The molecule has 26 heavy (non-hydrogen) atoms. The maximum atomic E-state index is 12.4. The summed E-state index contributed by atoms with van der Waals surface area (Å²) < 4.78 is 1.82. The number of nitrogen functional groups attached to an aromatic ring is 1. The monoisotopic (exact) mass is 344 g/mol. The molecule has 1 amide bonds. The molecule has 0 aliphatic carbocycles. The number of amides is 1. The zero-order chi connectivity index (χ0) is 18.1. The number of hydrogen-bond acceptors (Lipinski definition) is 5. The number of benzene rings is 1. The van der Waals surface area contributed by atoms with Gasteiger partial charge in [0.1, 0.15) is 23.5 Å². The summed E-state index contributed by atoms with van der Waals surface area (Å²) in [5.74, 6) is 0.718. The lowest BCUT2D eigenvalue weighted by Crippen LogP contribution is -2.12. The van der Waals surface area contributed by atoms with Crippen LogP contribution >= 0.6 is 0 Å². The lowest BCUT2D eigenvalue weighted by Gasteiger charge is -2.06. The first kappa shape index (κ1) is 15.8. The molecule has 7 nitrogen and oxygen atoms in total. The minimum atomic E-state index is -0.217. The molecule has 0 aliphatic rings. The van der Waals surface area contributed by atoms with Crippen molar-refractivity contribution >= 4 is 23.1 Å². The Hall–Kier alpha value is -3.74. The third-order valence-electron chi connectivity index (χ3n) is 4.05. The minimum Gasteiger partial charge on any atom is -0.382 e. The molecule has 0 saturated heterocycles. The van der Waals surface area contributed by atoms with Crippen molar-refractivity contribution in [1.29, 1.82) is 0 Å². The van der Waals surface area contributed by atoms with Gasteiger partial charge in [-0.3, -0.25) is 4.79 Å². The van der Waals surface area contributed by atoms with E-state index in [1.54, 1.807) is 37.1 Å². The molecule has 4 rings (SSSR count). The first-order valence-electron chi connectivity index (χ1n) is 8.03. The Kier molecular flexibility index (Phi) is 3.81. The van der Waals surface area contributed by atoms with Gasteiger partial charge in [0.15, 0.2) is 0 Å². The smallest absolute Gasteiger partial charge is 0.256 e. The van der Waals surface area contributed by atoms with Gasteiger partial charge in [-0.05, 0) is 36.8 Å². The van der Waals surface area contributed by atoms with Crippen LogP contribution in [-0.2, 0) is 0 Å². The van der Waals surface area contributed by atoms with E-state index in [2.05, 4.69) is 20.3 Å². The highest BCUT2D eigenvalue weighted by atomic mass is 16.1. The number of nitrogens with one attached hydrogen (secondary N) is 1. The third kappa shape index (κ3) is 2.86. The largest absolute Gasteiger partial charge is 0.382 e. The van der Waals surface area contributed by atoms with E-state index >= 15 is 0 Å². The number of carbonyl (C=O) groups is 1. The van der Waals surface area contributed by atoms with Gasteiger partial charge in [0.05, 0.1) is 5.69 Å². The molecule has 3 N–H and O–H groups in total. The van der Waals surface area contributed by atoms with Gasteiger partial charge in [0.2, 0.25) is 0 Å². The van der Waals surface area contributed by atoms with Gasteiger partial charge in [-0.25, -0.2) is 15.0 Å². The Morgan fingerprint density at radius 1 is 1.08 bits per heavy atom. The fourth-order valence-electron chi connectivity index (χ4n) is 2.76. The number of rotatable bonds is 3. The van der Waals surface area contributed by atoms with Crippen molar-refractivity contribution in [3.8, 4) is 11.3 Å². The van der Waals surface area contributed by atoms with Crippen LogP contribution in [-0.4, -0.2) is 25.3 Å². The van der Waals surface area contributed by atoms with Gasteiger partial charge in [0.25, 0.3) is 5.91 Å². The van der Waals surface area contributed by atoms with Crippen molar-refractivity contribution in [3.63, 3.8) is 0 Å². The average Bonchev–Trinajstić information content (AvgIpc) is 3.07. The molecule has 0 radical (unpaired) electrons. The van der Waals surface area contributed by atoms with Crippen LogP contribution in [0.4, 0.5) is 11.6 Å². The molecule has 7 heteroatoms. The van der Waals surface area contributed by atoms with Crippen molar-refractivity contribution in [2.45, 2.75) is 6.92 Å². The number of hydrogen-bond donors (Lipinski definition) is 2. The van der Waals surface area contributed by atoms with Crippen molar-refractivity contribution in [2.75, 3.05) is 11.1 Å². The Morgan fingerprint density at radius 3 is 2.65 bits per heavy atom. The Labute approximate surface area is 149 Å². The summed E-state index contributed by atoms with van der Waals surface area (Å²) in [5.41, 5.74) is 9.86. The molecule has 3 heterocycles. The molecule has 1 aromatic carbocycles. The minimum absolute atomic E-state index is 0.217. The summed E-state index contributed by atoms with van der Waals surface area (Å²) in [4.78, 5) is 25.1. The molecule has 0 fully saturated rings. The predicted octanol–water partition coefficient (Wildman–Crippen LogP) is 2.93. The second-order valence-corrected chi connectivity index (χ2v) is 5.91. The molecule has 4 aromatic rings. The summed E-state index contributed by atoms with van der Waals surface area (Å²) in [5, 5.41) is 2.79. The SMILES string of the molecule is Cc1ccnc(NC(=O)c2ccc(-c3ncn4ccnc(N)c34)cc2)c1. The fraction of sp³-hybridized carbons (Fsp3) is 0.0526. The Bertz CT molecular complexity index is 1100. The van der Waals surface area contributed by atoms with E-state index in [1.165, 1.54) is 0 Å². The summed E-state index contributed by atoms with van der Waals surface area (Å²) in [6.07, 6.45) is 6.77. The summed E-state index contributed by atoms with van der Waals surface area (Å²) in [7, 11) is 0. The van der Waals surface area contributed by atoms with Gasteiger partial charge >= 0.3 is 0 Å². The predicted molar refractivity (Wildman–Crippen MR) is 99.8 cm³/mol. The van der Waals surface area contributed by atoms with Crippen LogP contribution in [0.3, 0.4) is 0 Å². The Morgan fingerprint density at radius 2 is 1.88 bits per heavy atom. The van der Waals surface area contributed by atoms with Gasteiger partial charge in [-0.15, -0.1) is 0 Å². The normalized spacial score (nSPS) is 10.8. The number of anilines is 2. The molecular formula is C19H16N6O. The second-order valence-electron chi connectivity index (χ2n) is 5.91. The quantitative estimate of drug-likeness (QED) is 0.595. The highest BCUT2D eigenvalue weighted by molar-refractivity contribution is 6.04. The van der Waals surface area contributed by atoms with Gasteiger partial charge in [-0.2, -0.15) is 0 Å². The number of carbonyl (C=O) groups excluding carboxylic acids is 1. The fourth-order valence-corrected chi connectivity index (χ4v) is 2.76. The van der Waals surface area contributed by atoms with E-state index in [4.69, 9.17) is 5.73 Å². The van der Waals surface area contributed by atoms with Crippen molar-refractivity contribution in [2.24, 2.45) is 0 Å². The lowest BCUT2D eigenvalue weighted by atomic mass is 10.1. The number of imidazole rings is 1. The number of pyridine rings is 1. The van der Waals surface area contributed by atoms with Crippen LogP contribution in [0.25, 0.3) is 16.8 Å². The van der Waals surface area contributed by atoms with E-state index in [1.807, 2.05) is 35.6 Å². The molecule has 0 saturated carbocycles. The van der Waals surface area contributed by atoms with Crippen LogP contribution in [0.15, 0.2) is 61.3 Å². The first-order chi connectivity index (χ1) is 12.6. The van der Waals surface area contributed by atoms with Gasteiger partial charge < -0.3 is 15.5 Å². The molecule has 0 spiro atoms. The van der Waals surface area contributed by atoms with Crippen LogP contribution in [0.5, 0.6) is 0 Å². The van der Waals surface area contributed by atoms with Gasteiger partial charge in [0, 0.05) is 29.7 Å². The number of fused-ring (bicyclic) bond motifs is 1. The van der Waals surface area contributed by atoms with Crippen molar-refractivity contribution in [1.82, 2.24) is 19.4 Å². The van der Waals surface area contributed by atoms with Crippen LogP contribution in [0.1, 0.15) is 15.9 Å². The Balaban J connectivity index is 1.61. The molecule has 3 aromatic heterocycles. The third-order valence-corrected chi connectivity index (χ3v) is 4.05. The van der Waals surface area contributed by atoms with Crippen LogP contribution < -0.4 is 11.1 Å². The number of nitrogens with zero attached hydrogens (tertiary/aromatic N) is 4.